The van der Waals surface area contributed by atoms with E-state index in [0.29, 0.717) is 0 Å². The van der Waals surface area contributed by atoms with Gasteiger partial charge in [0.1, 0.15) is 0 Å². The summed E-state index contributed by atoms with van der Waals surface area (Å²) in [5, 5.41) is 0. The first-order valence-electron chi connectivity index (χ1n) is 4.94. The molecule has 0 rings (SSSR count). The Morgan fingerprint density at radius 1 is 1.33 bits per heavy atom. The van der Waals surface area contributed by atoms with Crippen molar-refractivity contribution in [2.24, 2.45) is 0 Å². The molecule has 0 aromatic rings. The Kier molecular flexibility index (Phi) is 8.95. The molecule has 73 valence electrons. The highest BCUT2D eigenvalue weighted by atomic mass is 16.5. The largest absolute Gasteiger partial charge is 0.366 e. The summed E-state index contributed by atoms with van der Waals surface area (Å²) in [4.78, 5) is 2.31. The van der Waals surface area contributed by atoms with Crippen molar-refractivity contribution in [1.29, 1.82) is 0 Å². The van der Waals surface area contributed by atoms with Crippen LogP contribution in [0.1, 0.15) is 33.1 Å². The first-order valence-corrected chi connectivity index (χ1v) is 4.94. The lowest BCUT2D eigenvalue weighted by Crippen LogP contribution is -2.27. The van der Waals surface area contributed by atoms with Crippen molar-refractivity contribution in [2.75, 3.05) is 26.4 Å². The highest BCUT2D eigenvalue weighted by Gasteiger charge is 1.98. The molecule has 0 N–H and O–H groups in total. The van der Waals surface area contributed by atoms with Crippen molar-refractivity contribution < 1.29 is 4.74 Å². The van der Waals surface area contributed by atoms with Gasteiger partial charge in [-0.1, -0.05) is 27.2 Å². The van der Waals surface area contributed by atoms with Gasteiger partial charge in [-0.15, -0.1) is 0 Å². The maximum Gasteiger partial charge on any atom is 0.0990 e. The zero-order valence-corrected chi connectivity index (χ0v) is 8.51. The molecular formula is C10H22NO. The van der Waals surface area contributed by atoms with Crippen LogP contribution in [0.3, 0.4) is 0 Å². The minimum absolute atomic E-state index is 0.782. The third-order valence-corrected chi connectivity index (χ3v) is 1.80. The molecule has 0 saturated heterocycles. The molecule has 0 aliphatic carbocycles. The Morgan fingerprint density at radius 3 is 2.58 bits per heavy atom. The summed E-state index contributed by atoms with van der Waals surface area (Å²) in [6.07, 6.45) is 3.25. The van der Waals surface area contributed by atoms with Gasteiger partial charge in [0.15, 0.2) is 0 Å². The number of nitrogens with zero attached hydrogens (tertiary/aromatic N) is 1. The van der Waals surface area contributed by atoms with Crippen LogP contribution in [0.25, 0.3) is 0 Å². The molecule has 12 heavy (non-hydrogen) atoms. The molecule has 1 radical (unpaired) electrons. The smallest absolute Gasteiger partial charge is 0.0990 e. The molecule has 0 aromatic carbocycles. The Hall–Kier alpha value is -0.0800. The summed E-state index contributed by atoms with van der Waals surface area (Å²) in [5.41, 5.74) is 0. The van der Waals surface area contributed by atoms with E-state index in [1.54, 1.807) is 0 Å². The third kappa shape index (κ3) is 6.62. The van der Waals surface area contributed by atoms with Gasteiger partial charge in [0.2, 0.25) is 0 Å². The van der Waals surface area contributed by atoms with Crippen LogP contribution in [0.5, 0.6) is 0 Å². The normalized spacial score (nSPS) is 11.0. The van der Waals surface area contributed by atoms with E-state index in [9.17, 15) is 0 Å². The van der Waals surface area contributed by atoms with Gasteiger partial charge in [0.25, 0.3) is 0 Å². The average molecular weight is 172 g/mol. The van der Waals surface area contributed by atoms with Crippen LogP contribution < -0.4 is 0 Å². The van der Waals surface area contributed by atoms with E-state index in [2.05, 4.69) is 25.7 Å². The number of hydrogen-bond donors (Lipinski definition) is 0. The Bertz CT molecular complexity index is 85.9. The molecule has 2 heteroatoms. The first kappa shape index (κ1) is 11.9. The van der Waals surface area contributed by atoms with Gasteiger partial charge in [-0.3, -0.25) is 4.90 Å². The van der Waals surface area contributed by atoms with E-state index in [-0.39, 0.29) is 0 Å². The summed E-state index contributed by atoms with van der Waals surface area (Å²) in [5.74, 6) is 0. The second-order valence-electron chi connectivity index (χ2n) is 2.96. The monoisotopic (exact) mass is 172 g/mol. The first-order chi connectivity index (χ1) is 5.85. The quantitative estimate of drug-likeness (QED) is 0.411. The van der Waals surface area contributed by atoms with E-state index >= 15 is 0 Å². The van der Waals surface area contributed by atoms with E-state index in [0.717, 1.165) is 39.3 Å². The van der Waals surface area contributed by atoms with Crippen LogP contribution in [0.2, 0.25) is 0 Å². The fourth-order valence-corrected chi connectivity index (χ4v) is 1.03. The van der Waals surface area contributed by atoms with Crippen LogP contribution in [0.4, 0.5) is 0 Å². The van der Waals surface area contributed by atoms with E-state index in [4.69, 9.17) is 4.74 Å². The Balaban J connectivity index is 3.19. The second kappa shape index (κ2) is 9.01. The molecule has 0 bridgehead atoms. The van der Waals surface area contributed by atoms with Crippen molar-refractivity contribution in [3.8, 4) is 0 Å². The van der Waals surface area contributed by atoms with Crippen molar-refractivity contribution in [2.45, 2.75) is 33.1 Å². The summed E-state index contributed by atoms with van der Waals surface area (Å²) in [7, 11) is 0. The van der Waals surface area contributed by atoms with Gasteiger partial charge >= 0.3 is 0 Å². The topological polar surface area (TPSA) is 12.5 Å². The minimum Gasteiger partial charge on any atom is -0.366 e. The third-order valence-electron chi connectivity index (χ3n) is 1.80. The molecule has 0 saturated carbocycles. The van der Waals surface area contributed by atoms with E-state index < -0.39 is 0 Å². The lowest BCUT2D eigenvalue weighted by molar-refractivity contribution is 0.0306. The zero-order valence-electron chi connectivity index (χ0n) is 8.51. The Labute approximate surface area is 76.9 Å². The van der Waals surface area contributed by atoms with Crippen molar-refractivity contribution in [3.63, 3.8) is 0 Å². The summed E-state index contributed by atoms with van der Waals surface area (Å²) < 4.78 is 5.47. The predicted molar refractivity (Wildman–Crippen MR) is 52.9 cm³/mol. The highest BCUT2D eigenvalue weighted by molar-refractivity contribution is 4.47. The number of unbranched alkanes of at least 4 members (excludes halogenated alkanes) is 1. The van der Waals surface area contributed by atoms with Gasteiger partial charge in [-0.05, 0) is 19.4 Å². The fourth-order valence-electron chi connectivity index (χ4n) is 1.03. The van der Waals surface area contributed by atoms with Gasteiger partial charge in [-0.2, -0.15) is 0 Å². The highest BCUT2D eigenvalue weighted by Crippen LogP contribution is 1.93. The Morgan fingerprint density at radius 2 is 2.08 bits per heavy atom. The molecule has 0 spiro atoms. The van der Waals surface area contributed by atoms with E-state index in [1.165, 1.54) is 6.42 Å². The number of rotatable bonds is 8. The molecule has 0 unspecified atom stereocenters. The molecular weight excluding hydrogens is 150 g/mol. The predicted octanol–water partition coefficient (Wildman–Crippen LogP) is 2.31. The van der Waals surface area contributed by atoms with Gasteiger partial charge < -0.3 is 4.74 Å². The molecule has 0 atom stereocenters. The van der Waals surface area contributed by atoms with Crippen LogP contribution >= 0.6 is 0 Å². The maximum absolute atomic E-state index is 5.47. The second-order valence-corrected chi connectivity index (χ2v) is 2.96. The summed E-state index contributed by atoms with van der Waals surface area (Å²) in [6.45, 7) is 12.0. The molecule has 2 nitrogen and oxygen atoms in total. The zero-order chi connectivity index (χ0) is 9.23. The molecule has 0 amide bonds. The molecule has 0 fully saturated rings. The number of hydrogen-bond acceptors (Lipinski definition) is 2. The lowest BCUT2D eigenvalue weighted by Gasteiger charge is -2.18. The van der Waals surface area contributed by atoms with Crippen molar-refractivity contribution in [3.05, 3.63) is 6.92 Å². The molecule has 0 aliphatic heterocycles. The van der Waals surface area contributed by atoms with Crippen molar-refractivity contribution in [1.82, 2.24) is 4.90 Å². The average Bonchev–Trinajstić information content (AvgIpc) is 2.10. The SMILES string of the molecule is [CH2]CCCOCN(CC)CCC. The maximum atomic E-state index is 5.47. The summed E-state index contributed by atoms with van der Waals surface area (Å²) in [6, 6.07) is 0. The van der Waals surface area contributed by atoms with Gasteiger partial charge in [-0.25, -0.2) is 0 Å². The lowest BCUT2D eigenvalue weighted by atomic mass is 10.4. The fraction of sp³-hybridized carbons (Fsp3) is 0.900. The van der Waals surface area contributed by atoms with Crippen LogP contribution in [0.15, 0.2) is 0 Å². The standard InChI is InChI=1S/C10H22NO/c1-4-7-9-12-10-11(6-3)8-5-2/h1,4-10H2,2-3H3. The van der Waals surface area contributed by atoms with Gasteiger partial charge in [0.05, 0.1) is 6.73 Å². The van der Waals surface area contributed by atoms with Crippen LogP contribution in [-0.2, 0) is 4.74 Å². The van der Waals surface area contributed by atoms with E-state index in [1.807, 2.05) is 0 Å². The minimum atomic E-state index is 0.782. The molecule has 0 aromatic heterocycles. The van der Waals surface area contributed by atoms with Crippen LogP contribution in [0, 0.1) is 6.92 Å². The number of ether oxygens (including phenoxy) is 1. The van der Waals surface area contributed by atoms with Crippen LogP contribution in [-0.4, -0.2) is 31.3 Å². The summed E-state index contributed by atoms with van der Waals surface area (Å²) >= 11 is 0. The van der Waals surface area contributed by atoms with Crippen molar-refractivity contribution >= 4 is 0 Å². The molecule has 0 heterocycles. The van der Waals surface area contributed by atoms with Gasteiger partial charge in [0, 0.05) is 13.2 Å². The molecule has 0 aliphatic rings.